The quantitative estimate of drug-likeness (QED) is 0.397. The number of ether oxygens (including phenoxy) is 1. The van der Waals surface area contributed by atoms with Crippen LogP contribution < -0.4 is 5.32 Å². The van der Waals surface area contributed by atoms with Gasteiger partial charge in [0, 0.05) is 18.4 Å². The van der Waals surface area contributed by atoms with Crippen LogP contribution in [0.1, 0.15) is 27.3 Å². The summed E-state index contributed by atoms with van der Waals surface area (Å²) < 4.78 is 7.23. The number of hydrogen-bond acceptors (Lipinski definition) is 5. The number of anilines is 1. The fourth-order valence-corrected chi connectivity index (χ4v) is 4.05. The monoisotopic (exact) mass is 484 g/mol. The van der Waals surface area contributed by atoms with E-state index >= 15 is 0 Å². The number of esters is 1. The zero-order valence-electron chi connectivity index (χ0n) is 20.7. The molecule has 0 saturated heterocycles. The van der Waals surface area contributed by atoms with E-state index in [1.165, 1.54) is 11.9 Å². The van der Waals surface area contributed by atoms with E-state index in [1.54, 1.807) is 12.1 Å². The second kappa shape index (κ2) is 10.4. The highest BCUT2D eigenvalue weighted by Crippen LogP contribution is 2.23. The molecule has 0 aliphatic rings. The van der Waals surface area contributed by atoms with E-state index in [9.17, 15) is 14.4 Å². The van der Waals surface area contributed by atoms with Crippen LogP contribution in [0.3, 0.4) is 0 Å². The predicted octanol–water partition coefficient (Wildman–Crippen LogP) is 4.20. The summed E-state index contributed by atoms with van der Waals surface area (Å²) >= 11 is 0. The third-order valence-corrected chi connectivity index (χ3v) is 5.95. The van der Waals surface area contributed by atoms with Crippen LogP contribution in [-0.2, 0) is 14.3 Å². The molecule has 8 nitrogen and oxygen atoms in total. The number of likely N-dealkylation sites (N-methyl/N-ethyl adjacent to an activating group) is 1. The van der Waals surface area contributed by atoms with E-state index in [4.69, 9.17) is 4.74 Å². The second-order valence-corrected chi connectivity index (χ2v) is 8.67. The molecule has 1 N–H and O–H groups in total. The summed E-state index contributed by atoms with van der Waals surface area (Å²) in [6.45, 7) is 5.08. The van der Waals surface area contributed by atoms with E-state index in [1.807, 2.05) is 79.9 Å². The van der Waals surface area contributed by atoms with Crippen LogP contribution in [0.25, 0.3) is 16.7 Å². The summed E-state index contributed by atoms with van der Waals surface area (Å²) in [6, 6.07) is 20.7. The zero-order chi connectivity index (χ0) is 25.8. The van der Waals surface area contributed by atoms with Gasteiger partial charge in [0.2, 0.25) is 5.91 Å². The van der Waals surface area contributed by atoms with E-state index in [2.05, 4.69) is 10.3 Å². The predicted molar refractivity (Wildman–Crippen MR) is 138 cm³/mol. The average molecular weight is 485 g/mol. The smallest absolute Gasteiger partial charge is 0.338 e. The van der Waals surface area contributed by atoms with Crippen molar-refractivity contribution in [3.63, 3.8) is 0 Å². The van der Waals surface area contributed by atoms with Crippen LogP contribution >= 0.6 is 0 Å². The first kappa shape index (κ1) is 24.7. The van der Waals surface area contributed by atoms with E-state index in [0.717, 1.165) is 33.8 Å². The number of benzene rings is 3. The van der Waals surface area contributed by atoms with Gasteiger partial charge in [0.1, 0.15) is 5.82 Å². The molecule has 2 amide bonds. The molecule has 0 spiro atoms. The number of nitrogens with one attached hydrogen (secondary N) is 1. The lowest BCUT2D eigenvalue weighted by molar-refractivity contribution is -0.136. The van der Waals surface area contributed by atoms with Gasteiger partial charge in [-0.15, -0.1) is 0 Å². The number of carbonyl (C=O) groups excluding carboxylic acids is 3. The SMILES string of the molecule is Cc1cccc(C)c1NC(=O)CN(C)C(=O)COC(=O)c1ccc2c(c1)nc(C)n2-c1ccccc1. The number of carbonyl (C=O) groups is 3. The molecule has 0 radical (unpaired) electrons. The Hall–Kier alpha value is -4.46. The molecule has 0 fully saturated rings. The molecule has 0 aliphatic carbocycles. The average Bonchev–Trinajstić information content (AvgIpc) is 3.19. The first-order valence-corrected chi connectivity index (χ1v) is 11.6. The Morgan fingerprint density at radius 2 is 1.64 bits per heavy atom. The number of imidazole rings is 1. The Morgan fingerprint density at radius 3 is 2.33 bits per heavy atom. The van der Waals surface area contributed by atoms with Gasteiger partial charge in [0.15, 0.2) is 6.61 Å². The van der Waals surface area contributed by atoms with Gasteiger partial charge in [-0.1, -0.05) is 36.4 Å². The van der Waals surface area contributed by atoms with Crippen molar-refractivity contribution in [2.45, 2.75) is 20.8 Å². The minimum atomic E-state index is -0.634. The van der Waals surface area contributed by atoms with Crippen molar-refractivity contribution in [3.05, 3.63) is 89.2 Å². The van der Waals surface area contributed by atoms with Crippen molar-refractivity contribution in [2.24, 2.45) is 0 Å². The molecule has 0 aliphatic heterocycles. The number of para-hydroxylation sites is 2. The van der Waals surface area contributed by atoms with Gasteiger partial charge in [0.05, 0.1) is 23.1 Å². The van der Waals surface area contributed by atoms with Gasteiger partial charge < -0.3 is 15.0 Å². The minimum Gasteiger partial charge on any atom is -0.452 e. The largest absolute Gasteiger partial charge is 0.452 e. The molecule has 0 bridgehead atoms. The fraction of sp³-hybridized carbons (Fsp3) is 0.214. The molecule has 1 aromatic heterocycles. The Balaban J connectivity index is 1.36. The molecular formula is C28H28N4O4. The highest BCUT2D eigenvalue weighted by molar-refractivity contribution is 5.97. The summed E-state index contributed by atoms with van der Waals surface area (Å²) in [5, 5.41) is 2.84. The Kier molecular flexibility index (Phi) is 7.15. The maximum Gasteiger partial charge on any atom is 0.338 e. The van der Waals surface area contributed by atoms with Gasteiger partial charge in [-0.2, -0.15) is 0 Å². The zero-order valence-corrected chi connectivity index (χ0v) is 20.7. The van der Waals surface area contributed by atoms with Crippen LogP contribution in [0, 0.1) is 20.8 Å². The van der Waals surface area contributed by atoms with Gasteiger partial charge in [-0.25, -0.2) is 9.78 Å². The Morgan fingerprint density at radius 1 is 0.944 bits per heavy atom. The number of hydrogen-bond donors (Lipinski definition) is 1. The van der Waals surface area contributed by atoms with Gasteiger partial charge in [-0.3, -0.25) is 14.2 Å². The third-order valence-electron chi connectivity index (χ3n) is 5.95. The first-order valence-electron chi connectivity index (χ1n) is 11.6. The molecule has 36 heavy (non-hydrogen) atoms. The maximum atomic E-state index is 12.6. The summed E-state index contributed by atoms with van der Waals surface area (Å²) in [6.07, 6.45) is 0. The van der Waals surface area contributed by atoms with Crippen LogP contribution in [-0.4, -0.2) is 52.4 Å². The van der Waals surface area contributed by atoms with Crippen molar-refractivity contribution >= 4 is 34.5 Å². The summed E-state index contributed by atoms with van der Waals surface area (Å²) in [4.78, 5) is 43.3. The molecule has 4 rings (SSSR count). The number of fused-ring (bicyclic) bond motifs is 1. The molecule has 184 valence electrons. The number of aryl methyl sites for hydroxylation is 3. The van der Waals surface area contributed by atoms with Gasteiger partial charge in [0.25, 0.3) is 5.91 Å². The molecule has 4 aromatic rings. The molecular weight excluding hydrogens is 456 g/mol. The maximum absolute atomic E-state index is 12.6. The van der Waals surface area contributed by atoms with Gasteiger partial charge in [-0.05, 0) is 62.2 Å². The van der Waals surface area contributed by atoms with Crippen molar-refractivity contribution in [2.75, 3.05) is 25.5 Å². The lowest BCUT2D eigenvalue weighted by Crippen LogP contribution is -2.37. The summed E-state index contributed by atoms with van der Waals surface area (Å²) in [5.41, 5.74) is 5.39. The molecule has 8 heteroatoms. The van der Waals surface area contributed by atoms with E-state index in [0.29, 0.717) is 11.1 Å². The van der Waals surface area contributed by atoms with Crippen LogP contribution in [0.2, 0.25) is 0 Å². The molecule has 0 saturated carbocycles. The van der Waals surface area contributed by atoms with E-state index in [-0.39, 0.29) is 12.5 Å². The van der Waals surface area contributed by atoms with Crippen molar-refractivity contribution in [1.29, 1.82) is 0 Å². The van der Waals surface area contributed by atoms with Crippen LogP contribution in [0.15, 0.2) is 66.7 Å². The number of rotatable bonds is 7. The number of amides is 2. The lowest BCUT2D eigenvalue weighted by Gasteiger charge is -2.18. The molecule has 0 atom stereocenters. The minimum absolute atomic E-state index is 0.160. The third kappa shape index (κ3) is 5.27. The molecule has 0 unspecified atom stereocenters. The summed E-state index contributed by atoms with van der Waals surface area (Å²) in [5.74, 6) is -0.655. The standard InChI is InChI=1S/C28H28N4O4/c1-18-9-8-10-19(2)27(18)30-25(33)16-31(4)26(34)17-36-28(35)21-13-14-24-23(15-21)29-20(3)32(24)22-11-6-5-7-12-22/h5-15H,16-17H2,1-4H3,(H,30,33). The van der Waals surface area contributed by atoms with Crippen molar-refractivity contribution < 1.29 is 19.1 Å². The highest BCUT2D eigenvalue weighted by Gasteiger charge is 2.18. The van der Waals surface area contributed by atoms with Gasteiger partial charge >= 0.3 is 5.97 Å². The highest BCUT2D eigenvalue weighted by atomic mass is 16.5. The Labute approximate surface area is 209 Å². The first-order chi connectivity index (χ1) is 17.2. The second-order valence-electron chi connectivity index (χ2n) is 8.67. The van der Waals surface area contributed by atoms with Crippen LogP contribution in [0.5, 0.6) is 0 Å². The fourth-order valence-electron chi connectivity index (χ4n) is 4.05. The van der Waals surface area contributed by atoms with Crippen LogP contribution in [0.4, 0.5) is 5.69 Å². The van der Waals surface area contributed by atoms with Crippen molar-refractivity contribution in [1.82, 2.24) is 14.5 Å². The molecule has 3 aromatic carbocycles. The number of aromatic nitrogens is 2. The van der Waals surface area contributed by atoms with E-state index < -0.39 is 18.5 Å². The number of nitrogens with zero attached hydrogens (tertiary/aromatic N) is 3. The Bertz CT molecular complexity index is 1420. The summed E-state index contributed by atoms with van der Waals surface area (Å²) in [7, 11) is 1.49. The normalized spacial score (nSPS) is 10.8. The van der Waals surface area contributed by atoms with Crippen molar-refractivity contribution in [3.8, 4) is 5.69 Å². The molecule has 1 heterocycles. The topological polar surface area (TPSA) is 93.5 Å². The lowest BCUT2D eigenvalue weighted by atomic mass is 10.1.